The minimum absolute atomic E-state index is 0.149. The lowest BCUT2D eigenvalue weighted by atomic mass is 10.1. The lowest BCUT2D eigenvalue weighted by molar-refractivity contribution is 0.0694. The summed E-state index contributed by atoms with van der Waals surface area (Å²) in [5.74, 6) is -0.999. The van der Waals surface area contributed by atoms with Crippen molar-refractivity contribution in [2.45, 2.75) is 19.9 Å². The molecule has 0 aliphatic heterocycles. The van der Waals surface area contributed by atoms with E-state index in [9.17, 15) is 4.79 Å². The predicted molar refractivity (Wildman–Crippen MR) is 75.6 cm³/mol. The molecule has 0 spiro atoms. The Hall–Kier alpha value is -2.27. The highest BCUT2D eigenvalue weighted by Crippen LogP contribution is 2.07. The van der Waals surface area contributed by atoms with Crippen molar-refractivity contribution in [3.05, 3.63) is 59.2 Å². The SMILES string of the molecule is Cc1ccccc1CCNCc1ncncc1C(=O)O. The summed E-state index contributed by atoms with van der Waals surface area (Å²) in [7, 11) is 0. The van der Waals surface area contributed by atoms with Gasteiger partial charge in [0.1, 0.15) is 11.9 Å². The van der Waals surface area contributed by atoms with Crippen LogP contribution in [-0.4, -0.2) is 27.6 Å². The zero-order chi connectivity index (χ0) is 14.4. The van der Waals surface area contributed by atoms with Crippen LogP contribution in [0.25, 0.3) is 0 Å². The van der Waals surface area contributed by atoms with Crippen LogP contribution in [-0.2, 0) is 13.0 Å². The molecule has 0 saturated heterocycles. The maximum Gasteiger partial charge on any atom is 0.339 e. The van der Waals surface area contributed by atoms with Crippen molar-refractivity contribution in [2.24, 2.45) is 0 Å². The summed E-state index contributed by atoms with van der Waals surface area (Å²) in [5, 5.41) is 12.2. The van der Waals surface area contributed by atoms with Crippen molar-refractivity contribution in [3.8, 4) is 0 Å². The molecule has 0 amide bonds. The van der Waals surface area contributed by atoms with Gasteiger partial charge in [0.2, 0.25) is 0 Å². The molecule has 0 bridgehead atoms. The molecule has 20 heavy (non-hydrogen) atoms. The molecule has 2 N–H and O–H groups in total. The summed E-state index contributed by atoms with van der Waals surface area (Å²) in [6.07, 6.45) is 3.60. The van der Waals surface area contributed by atoms with Crippen LogP contribution < -0.4 is 5.32 Å². The third kappa shape index (κ3) is 3.61. The summed E-state index contributed by atoms with van der Waals surface area (Å²) in [4.78, 5) is 18.8. The molecule has 5 heteroatoms. The highest BCUT2D eigenvalue weighted by Gasteiger charge is 2.10. The zero-order valence-corrected chi connectivity index (χ0v) is 11.3. The number of aromatic nitrogens is 2. The smallest absolute Gasteiger partial charge is 0.339 e. The Labute approximate surface area is 117 Å². The highest BCUT2D eigenvalue weighted by molar-refractivity contribution is 5.88. The molecule has 0 saturated carbocycles. The van der Waals surface area contributed by atoms with Gasteiger partial charge in [0.25, 0.3) is 0 Å². The summed E-state index contributed by atoms with van der Waals surface area (Å²) < 4.78 is 0. The number of nitrogens with one attached hydrogen (secondary N) is 1. The molecule has 1 aromatic heterocycles. The first kappa shape index (κ1) is 14.1. The summed E-state index contributed by atoms with van der Waals surface area (Å²) in [6.45, 7) is 3.28. The Kier molecular flexibility index (Phi) is 4.79. The molecule has 0 aliphatic carbocycles. The molecule has 5 nitrogen and oxygen atoms in total. The van der Waals surface area contributed by atoms with Gasteiger partial charge < -0.3 is 10.4 Å². The van der Waals surface area contributed by atoms with Gasteiger partial charge in [-0.15, -0.1) is 0 Å². The van der Waals surface area contributed by atoms with Crippen LogP contribution in [0.5, 0.6) is 0 Å². The topological polar surface area (TPSA) is 75.1 Å². The van der Waals surface area contributed by atoms with Gasteiger partial charge in [-0.25, -0.2) is 14.8 Å². The summed E-state index contributed by atoms with van der Waals surface area (Å²) in [6, 6.07) is 8.23. The molecule has 0 fully saturated rings. The van der Waals surface area contributed by atoms with Crippen molar-refractivity contribution in [1.29, 1.82) is 0 Å². The van der Waals surface area contributed by atoms with E-state index in [0.29, 0.717) is 12.2 Å². The van der Waals surface area contributed by atoms with Crippen LogP contribution >= 0.6 is 0 Å². The number of hydrogen-bond acceptors (Lipinski definition) is 4. The highest BCUT2D eigenvalue weighted by atomic mass is 16.4. The van der Waals surface area contributed by atoms with Gasteiger partial charge in [0.15, 0.2) is 0 Å². The van der Waals surface area contributed by atoms with Gasteiger partial charge in [-0.1, -0.05) is 24.3 Å². The van der Waals surface area contributed by atoms with Crippen molar-refractivity contribution < 1.29 is 9.90 Å². The van der Waals surface area contributed by atoms with E-state index in [1.165, 1.54) is 23.7 Å². The molecular weight excluding hydrogens is 254 g/mol. The maximum absolute atomic E-state index is 11.0. The van der Waals surface area contributed by atoms with Crippen molar-refractivity contribution in [1.82, 2.24) is 15.3 Å². The first-order chi connectivity index (χ1) is 9.68. The lowest BCUT2D eigenvalue weighted by Gasteiger charge is -2.08. The van der Waals surface area contributed by atoms with Crippen LogP contribution in [0.4, 0.5) is 0 Å². The van der Waals surface area contributed by atoms with Gasteiger partial charge in [0.05, 0.1) is 5.69 Å². The molecule has 2 rings (SSSR count). The maximum atomic E-state index is 11.0. The Morgan fingerprint density at radius 3 is 2.90 bits per heavy atom. The van der Waals surface area contributed by atoms with E-state index in [4.69, 9.17) is 5.11 Å². The van der Waals surface area contributed by atoms with Gasteiger partial charge in [-0.05, 0) is 31.0 Å². The molecule has 0 radical (unpaired) electrons. The molecule has 0 unspecified atom stereocenters. The second kappa shape index (κ2) is 6.77. The second-order valence-corrected chi connectivity index (χ2v) is 4.54. The summed E-state index contributed by atoms with van der Waals surface area (Å²) >= 11 is 0. The molecule has 1 aromatic carbocycles. The van der Waals surface area contributed by atoms with Crippen LogP contribution in [0, 0.1) is 6.92 Å². The number of benzene rings is 1. The minimum Gasteiger partial charge on any atom is -0.478 e. The molecule has 104 valence electrons. The number of hydrogen-bond donors (Lipinski definition) is 2. The quantitative estimate of drug-likeness (QED) is 0.784. The van der Waals surface area contributed by atoms with Crippen molar-refractivity contribution in [2.75, 3.05) is 6.54 Å². The molecule has 1 heterocycles. The van der Waals surface area contributed by atoms with E-state index in [-0.39, 0.29) is 5.56 Å². The number of carboxylic acid groups (broad SMARTS) is 1. The normalized spacial score (nSPS) is 10.4. The fourth-order valence-electron chi connectivity index (χ4n) is 1.99. The van der Waals surface area contributed by atoms with Crippen LogP contribution in [0.3, 0.4) is 0 Å². The van der Waals surface area contributed by atoms with Gasteiger partial charge in [-0.2, -0.15) is 0 Å². The van der Waals surface area contributed by atoms with Crippen molar-refractivity contribution in [3.63, 3.8) is 0 Å². The number of carboxylic acids is 1. The predicted octanol–water partition coefficient (Wildman–Crippen LogP) is 1.82. The Morgan fingerprint density at radius 2 is 2.15 bits per heavy atom. The first-order valence-corrected chi connectivity index (χ1v) is 6.46. The third-order valence-electron chi connectivity index (χ3n) is 3.15. The van der Waals surface area contributed by atoms with Crippen LogP contribution in [0.15, 0.2) is 36.8 Å². The van der Waals surface area contributed by atoms with Crippen LogP contribution in [0.1, 0.15) is 27.2 Å². The molecular formula is C15H17N3O2. The zero-order valence-electron chi connectivity index (χ0n) is 11.3. The first-order valence-electron chi connectivity index (χ1n) is 6.46. The molecule has 0 aliphatic rings. The van der Waals surface area contributed by atoms with Gasteiger partial charge in [-0.3, -0.25) is 0 Å². The Morgan fingerprint density at radius 1 is 1.35 bits per heavy atom. The van der Waals surface area contributed by atoms with Gasteiger partial charge >= 0.3 is 5.97 Å². The van der Waals surface area contributed by atoms with E-state index >= 15 is 0 Å². The Bertz CT molecular complexity index is 599. The lowest BCUT2D eigenvalue weighted by Crippen LogP contribution is -2.20. The molecule has 2 aromatic rings. The number of carbonyl (C=O) groups is 1. The fourth-order valence-corrected chi connectivity index (χ4v) is 1.99. The van der Waals surface area contributed by atoms with E-state index in [1.807, 2.05) is 12.1 Å². The van der Waals surface area contributed by atoms with E-state index in [1.54, 1.807) is 0 Å². The fraction of sp³-hybridized carbons (Fsp3) is 0.267. The number of aryl methyl sites for hydroxylation is 1. The molecule has 0 atom stereocenters. The standard InChI is InChI=1S/C15H17N3O2/c1-11-4-2-3-5-12(11)6-7-16-9-14-13(15(19)20)8-17-10-18-14/h2-5,8,10,16H,6-7,9H2,1H3,(H,19,20). The monoisotopic (exact) mass is 271 g/mol. The summed E-state index contributed by atoms with van der Waals surface area (Å²) in [5.41, 5.74) is 3.22. The number of rotatable bonds is 6. The van der Waals surface area contributed by atoms with E-state index in [0.717, 1.165) is 13.0 Å². The average molecular weight is 271 g/mol. The van der Waals surface area contributed by atoms with E-state index in [2.05, 4.69) is 34.3 Å². The second-order valence-electron chi connectivity index (χ2n) is 4.54. The number of aromatic carboxylic acids is 1. The largest absolute Gasteiger partial charge is 0.478 e. The van der Waals surface area contributed by atoms with Gasteiger partial charge in [0, 0.05) is 12.7 Å². The third-order valence-corrected chi connectivity index (χ3v) is 3.15. The minimum atomic E-state index is -0.999. The van der Waals surface area contributed by atoms with Crippen LogP contribution in [0.2, 0.25) is 0 Å². The van der Waals surface area contributed by atoms with E-state index < -0.39 is 5.97 Å². The van der Waals surface area contributed by atoms with Crippen molar-refractivity contribution >= 4 is 5.97 Å². The number of nitrogens with zero attached hydrogens (tertiary/aromatic N) is 2. The Balaban J connectivity index is 1.88. The average Bonchev–Trinajstić information content (AvgIpc) is 2.45.